The predicted molar refractivity (Wildman–Crippen MR) is 93.2 cm³/mol. The number of likely N-dealkylation sites (tertiary alicyclic amines) is 1. The highest BCUT2D eigenvalue weighted by atomic mass is 16.2. The number of nitrogens with zero attached hydrogens (tertiary/aromatic N) is 2. The van der Waals surface area contributed by atoms with Gasteiger partial charge in [0, 0.05) is 31.6 Å². The lowest BCUT2D eigenvalue weighted by atomic mass is 9.79. The lowest BCUT2D eigenvalue weighted by Gasteiger charge is -2.40. The van der Waals surface area contributed by atoms with E-state index in [0.717, 1.165) is 39.1 Å². The van der Waals surface area contributed by atoms with Gasteiger partial charge in [0.15, 0.2) is 0 Å². The molecule has 2 aliphatic heterocycles. The minimum atomic E-state index is 0.283. The van der Waals surface area contributed by atoms with Crippen molar-refractivity contribution in [2.45, 2.75) is 32.7 Å². The molecule has 126 valence electrons. The zero-order valence-electron chi connectivity index (χ0n) is 14.5. The van der Waals surface area contributed by atoms with Crippen LogP contribution in [0.15, 0.2) is 24.3 Å². The third-order valence-corrected chi connectivity index (χ3v) is 5.32. The Balaban J connectivity index is 1.52. The van der Waals surface area contributed by atoms with Crippen LogP contribution in [0.1, 0.15) is 30.4 Å². The van der Waals surface area contributed by atoms with Crippen LogP contribution in [0.2, 0.25) is 0 Å². The molecule has 3 rings (SSSR count). The predicted octanol–water partition coefficient (Wildman–Crippen LogP) is 2.03. The van der Waals surface area contributed by atoms with Gasteiger partial charge in [0.25, 0.3) is 0 Å². The lowest BCUT2D eigenvalue weighted by Crippen LogP contribution is -2.49. The highest BCUT2D eigenvalue weighted by Crippen LogP contribution is 2.35. The molecular weight excluding hydrogens is 286 g/mol. The summed E-state index contributed by atoms with van der Waals surface area (Å²) in [5.74, 6) is 0.283. The number of hydrogen-bond donors (Lipinski definition) is 1. The maximum Gasteiger partial charge on any atom is 0.236 e. The highest BCUT2D eigenvalue weighted by molar-refractivity contribution is 5.78. The summed E-state index contributed by atoms with van der Waals surface area (Å²) in [4.78, 5) is 16.9. The van der Waals surface area contributed by atoms with Crippen LogP contribution in [0.25, 0.3) is 0 Å². The molecule has 23 heavy (non-hydrogen) atoms. The van der Waals surface area contributed by atoms with Crippen molar-refractivity contribution < 1.29 is 4.79 Å². The topological polar surface area (TPSA) is 35.6 Å². The van der Waals surface area contributed by atoms with Gasteiger partial charge in [-0.15, -0.1) is 0 Å². The largest absolute Gasteiger partial charge is 0.341 e. The van der Waals surface area contributed by atoms with Gasteiger partial charge in [0.1, 0.15) is 0 Å². The number of aryl methyl sites for hydroxylation is 1. The van der Waals surface area contributed by atoms with E-state index in [2.05, 4.69) is 46.3 Å². The van der Waals surface area contributed by atoms with Crippen molar-refractivity contribution in [2.24, 2.45) is 5.41 Å². The van der Waals surface area contributed by atoms with E-state index in [9.17, 15) is 4.79 Å². The molecule has 1 atom stereocenters. The zero-order valence-corrected chi connectivity index (χ0v) is 14.5. The monoisotopic (exact) mass is 315 g/mol. The van der Waals surface area contributed by atoms with Gasteiger partial charge in [0.2, 0.25) is 5.91 Å². The minimum Gasteiger partial charge on any atom is -0.341 e. The number of nitrogens with one attached hydrogen (secondary N) is 1. The van der Waals surface area contributed by atoms with Crippen LogP contribution in [0.5, 0.6) is 0 Å². The van der Waals surface area contributed by atoms with Gasteiger partial charge in [-0.25, -0.2) is 0 Å². The van der Waals surface area contributed by atoms with Crippen LogP contribution < -0.4 is 5.32 Å². The zero-order chi connectivity index (χ0) is 16.3. The Bertz CT molecular complexity index is 534. The molecule has 0 saturated carbocycles. The first-order chi connectivity index (χ1) is 11.1. The van der Waals surface area contributed by atoms with Gasteiger partial charge >= 0.3 is 0 Å². The molecule has 4 heteroatoms. The van der Waals surface area contributed by atoms with E-state index in [4.69, 9.17) is 0 Å². The first-order valence-electron chi connectivity index (χ1n) is 8.79. The van der Waals surface area contributed by atoms with Gasteiger partial charge in [-0.2, -0.15) is 0 Å². The number of amides is 1. The van der Waals surface area contributed by atoms with Gasteiger partial charge in [-0.1, -0.05) is 29.8 Å². The van der Waals surface area contributed by atoms with Crippen molar-refractivity contribution in [3.05, 3.63) is 35.4 Å². The number of hydrogen-bond acceptors (Lipinski definition) is 3. The number of benzene rings is 1. The number of carbonyl (C=O) groups excluding carboxylic acids is 1. The average Bonchev–Trinajstić information content (AvgIpc) is 2.97. The molecule has 0 aliphatic carbocycles. The summed E-state index contributed by atoms with van der Waals surface area (Å²) in [6.07, 6.45) is 3.63. The lowest BCUT2D eigenvalue weighted by molar-refractivity contribution is -0.135. The quantitative estimate of drug-likeness (QED) is 0.923. The van der Waals surface area contributed by atoms with Gasteiger partial charge in [0.05, 0.1) is 6.54 Å². The average molecular weight is 315 g/mol. The van der Waals surface area contributed by atoms with Crippen LogP contribution in [-0.4, -0.2) is 55.5 Å². The Morgan fingerprint density at radius 1 is 1.30 bits per heavy atom. The molecule has 1 aromatic carbocycles. The fraction of sp³-hybridized carbons (Fsp3) is 0.632. The summed E-state index contributed by atoms with van der Waals surface area (Å²) in [6.45, 7) is 7.49. The molecule has 2 aliphatic rings. The smallest absolute Gasteiger partial charge is 0.236 e. The molecule has 1 amide bonds. The van der Waals surface area contributed by atoms with Crippen molar-refractivity contribution in [3.8, 4) is 0 Å². The Hall–Kier alpha value is -1.39. The van der Waals surface area contributed by atoms with E-state index in [-0.39, 0.29) is 5.91 Å². The Labute approximate surface area is 139 Å². The molecule has 2 fully saturated rings. The molecule has 0 aromatic heterocycles. The van der Waals surface area contributed by atoms with E-state index in [0.29, 0.717) is 12.0 Å². The van der Waals surface area contributed by atoms with E-state index in [1.54, 1.807) is 0 Å². The molecule has 2 saturated heterocycles. The molecule has 0 radical (unpaired) electrons. The van der Waals surface area contributed by atoms with E-state index in [1.807, 2.05) is 7.05 Å². The second kappa shape index (κ2) is 7.02. The van der Waals surface area contributed by atoms with Crippen molar-refractivity contribution in [1.29, 1.82) is 0 Å². The number of rotatable bonds is 4. The number of piperidine rings is 1. The summed E-state index contributed by atoms with van der Waals surface area (Å²) < 4.78 is 0. The molecule has 0 unspecified atom stereocenters. The summed E-state index contributed by atoms with van der Waals surface area (Å²) in [5, 5.41) is 3.47. The summed E-state index contributed by atoms with van der Waals surface area (Å²) >= 11 is 0. The van der Waals surface area contributed by atoms with Gasteiger partial charge in [-0.05, 0) is 45.3 Å². The first-order valence-corrected chi connectivity index (χ1v) is 8.79. The van der Waals surface area contributed by atoms with Gasteiger partial charge in [-0.3, -0.25) is 9.69 Å². The molecule has 1 N–H and O–H groups in total. The first kappa shape index (κ1) is 16.5. The fourth-order valence-electron chi connectivity index (χ4n) is 3.96. The van der Waals surface area contributed by atoms with Crippen LogP contribution in [0.3, 0.4) is 0 Å². The summed E-state index contributed by atoms with van der Waals surface area (Å²) in [6, 6.07) is 8.56. The van der Waals surface area contributed by atoms with Crippen LogP contribution in [-0.2, 0) is 11.3 Å². The SMILES string of the molecule is Cc1ccc(CN(C)CC(=O)N2CCC[C@@]3(CCNC3)C2)cc1. The molecule has 0 bridgehead atoms. The molecular formula is C19H29N3O. The third kappa shape index (κ3) is 4.12. The van der Waals surface area contributed by atoms with E-state index < -0.39 is 0 Å². The standard InChI is InChI=1S/C19H29N3O/c1-16-4-6-17(7-5-16)12-21(2)13-18(23)22-11-3-8-19(15-22)9-10-20-14-19/h4-7,20H,3,8-15H2,1-2H3/t19-/m0/s1. The van der Waals surface area contributed by atoms with Crippen molar-refractivity contribution in [3.63, 3.8) is 0 Å². The van der Waals surface area contributed by atoms with Crippen LogP contribution in [0.4, 0.5) is 0 Å². The summed E-state index contributed by atoms with van der Waals surface area (Å²) in [7, 11) is 2.04. The second-order valence-electron chi connectivity index (χ2n) is 7.50. The van der Waals surface area contributed by atoms with Crippen molar-refractivity contribution in [1.82, 2.24) is 15.1 Å². The maximum absolute atomic E-state index is 12.7. The van der Waals surface area contributed by atoms with Gasteiger partial charge < -0.3 is 10.2 Å². The minimum absolute atomic E-state index is 0.283. The van der Waals surface area contributed by atoms with Crippen LogP contribution in [0, 0.1) is 12.3 Å². The second-order valence-corrected chi connectivity index (χ2v) is 7.50. The Kier molecular flexibility index (Phi) is 5.02. The third-order valence-electron chi connectivity index (χ3n) is 5.32. The highest BCUT2D eigenvalue weighted by Gasteiger charge is 2.39. The normalized spacial score (nSPS) is 24.6. The number of carbonyl (C=O) groups is 1. The van der Waals surface area contributed by atoms with Crippen molar-refractivity contribution in [2.75, 3.05) is 39.8 Å². The van der Waals surface area contributed by atoms with Crippen LogP contribution >= 0.6 is 0 Å². The van der Waals surface area contributed by atoms with E-state index >= 15 is 0 Å². The Morgan fingerprint density at radius 3 is 2.78 bits per heavy atom. The maximum atomic E-state index is 12.7. The molecule has 4 nitrogen and oxygen atoms in total. The molecule has 1 spiro atoms. The number of likely N-dealkylation sites (N-methyl/N-ethyl adjacent to an activating group) is 1. The fourth-order valence-corrected chi connectivity index (χ4v) is 3.96. The molecule has 2 heterocycles. The Morgan fingerprint density at radius 2 is 2.09 bits per heavy atom. The molecule has 1 aromatic rings. The summed E-state index contributed by atoms with van der Waals surface area (Å²) in [5.41, 5.74) is 2.89. The van der Waals surface area contributed by atoms with Crippen molar-refractivity contribution >= 4 is 5.91 Å². The van der Waals surface area contributed by atoms with E-state index in [1.165, 1.54) is 24.0 Å².